The molecule has 19 heavy (non-hydrogen) atoms. The van der Waals surface area contributed by atoms with E-state index in [1.165, 1.54) is 18.5 Å². The Balaban J connectivity index is 2.42. The zero-order valence-corrected chi connectivity index (χ0v) is 11.2. The van der Waals surface area contributed by atoms with Crippen LogP contribution in [0.15, 0.2) is 24.5 Å². The minimum absolute atomic E-state index is 0.207. The smallest absolute Gasteiger partial charge is 0.264 e. The van der Waals surface area contributed by atoms with E-state index in [2.05, 4.69) is 10.3 Å². The summed E-state index contributed by atoms with van der Waals surface area (Å²) in [5.41, 5.74) is 0.207. The maximum atomic E-state index is 11.5. The minimum Gasteiger partial charge on any atom is -0.382 e. The molecule has 0 radical (unpaired) electrons. The number of rotatable bonds is 6. The molecule has 0 aliphatic heterocycles. The molecule has 2 unspecified atom stereocenters. The van der Waals surface area contributed by atoms with Crippen LogP contribution in [0.25, 0.3) is 0 Å². The van der Waals surface area contributed by atoms with Crippen LogP contribution >= 0.6 is 7.37 Å². The zero-order valence-electron chi connectivity index (χ0n) is 10.3. The SMILES string of the molecule is CP(=O)(O)C(O)CNCC(=O)N(O)c1cccnc1. The molecule has 0 fully saturated rings. The highest BCUT2D eigenvalue weighted by atomic mass is 31.2. The normalized spacial score (nSPS) is 15.6. The molecule has 0 saturated carbocycles. The molecule has 0 aromatic carbocycles. The lowest BCUT2D eigenvalue weighted by Crippen LogP contribution is -2.38. The van der Waals surface area contributed by atoms with Crippen molar-refractivity contribution in [2.45, 2.75) is 5.85 Å². The Bertz CT molecular complexity index is 463. The molecular formula is C10H16N3O5P. The van der Waals surface area contributed by atoms with Gasteiger partial charge in [-0.25, -0.2) is 0 Å². The van der Waals surface area contributed by atoms with Crippen molar-refractivity contribution in [3.63, 3.8) is 0 Å². The number of carbonyl (C=O) groups excluding carboxylic acids is 1. The fourth-order valence-corrected chi connectivity index (χ4v) is 1.64. The average Bonchev–Trinajstić information content (AvgIpc) is 2.37. The number of hydroxylamine groups is 1. The third-order valence-electron chi connectivity index (χ3n) is 2.28. The van der Waals surface area contributed by atoms with E-state index in [1.807, 2.05) is 0 Å². The van der Waals surface area contributed by atoms with Gasteiger partial charge in [0.25, 0.3) is 5.91 Å². The number of amides is 1. The molecule has 4 N–H and O–H groups in total. The minimum atomic E-state index is -3.60. The summed E-state index contributed by atoms with van der Waals surface area (Å²) in [7, 11) is -3.60. The summed E-state index contributed by atoms with van der Waals surface area (Å²) in [6.07, 6.45) is 2.80. The standard InChI is InChI=1S/C10H16N3O5P/c1-19(17,18)10(15)7-12-6-9(14)13(16)8-3-2-4-11-5-8/h2-5,10,12,15-16H,6-7H2,1H3,(H,17,18). The highest BCUT2D eigenvalue weighted by Crippen LogP contribution is 2.39. The fraction of sp³-hybridized carbons (Fsp3) is 0.400. The van der Waals surface area contributed by atoms with Crippen molar-refractivity contribution >= 4 is 19.0 Å². The van der Waals surface area contributed by atoms with Gasteiger partial charge < -0.3 is 15.3 Å². The first-order chi connectivity index (χ1) is 8.82. The second-order valence-corrected chi connectivity index (χ2v) is 6.45. The number of aromatic nitrogens is 1. The van der Waals surface area contributed by atoms with Gasteiger partial charge in [-0.1, -0.05) is 0 Å². The van der Waals surface area contributed by atoms with Gasteiger partial charge in [0.15, 0.2) is 0 Å². The Kier molecular flexibility index (Phi) is 5.59. The van der Waals surface area contributed by atoms with E-state index in [0.29, 0.717) is 5.06 Å². The van der Waals surface area contributed by atoms with Crippen molar-refractivity contribution in [1.29, 1.82) is 0 Å². The van der Waals surface area contributed by atoms with Gasteiger partial charge in [0, 0.05) is 19.4 Å². The number of carbonyl (C=O) groups is 1. The molecule has 0 aliphatic rings. The van der Waals surface area contributed by atoms with Crippen LogP contribution in [-0.4, -0.2) is 51.7 Å². The number of hydrogen-bond donors (Lipinski definition) is 4. The van der Waals surface area contributed by atoms with Crippen molar-refractivity contribution in [1.82, 2.24) is 10.3 Å². The van der Waals surface area contributed by atoms with Crippen LogP contribution < -0.4 is 10.4 Å². The van der Waals surface area contributed by atoms with Gasteiger partial charge in [0.1, 0.15) is 5.85 Å². The van der Waals surface area contributed by atoms with Crippen LogP contribution in [0.3, 0.4) is 0 Å². The molecule has 9 heteroatoms. The summed E-state index contributed by atoms with van der Waals surface area (Å²) in [5, 5.41) is 21.7. The van der Waals surface area contributed by atoms with Gasteiger partial charge in [0.05, 0.1) is 18.4 Å². The second kappa shape index (κ2) is 6.74. The van der Waals surface area contributed by atoms with E-state index in [4.69, 9.17) is 4.89 Å². The monoisotopic (exact) mass is 289 g/mol. The van der Waals surface area contributed by atoms with Crippen molar-refractivity contribution in [3.8, 4) is 0 Å². The number of aliphatic hydroxyl groups excluding tert-OH is 1. The van der Waals surface area contributed by atoms with Crippen molar-refractivity contribution in [2.24, 2.45) is 0 Å². The molecule has 1 amide bonds. The maximum absolute atomic E-state index is 11.5. The average molecular weight is 289 g/mol. The third kappa shape index (κ3) is 5.06. The summed E-state index contributed by atoms with van der Waals surface area (Å²) in [4.78, 5) is 24.3. The summed E-state index contributed by atoms with van der Waals surface area (Å²) in [6.45, 7) is 0.508. The molecular weight excluding hydrogens is 273 g/mol. The predicted octanol–water partition coefficient (Wildman–Crippen LogP) is -0.388. The summed E-state index contributed by atoms with van der Waals surface area (Å²) >= 11 is 0. The number of anilines is 1. The van der Waals surface area contributed by atoms with Crippen LogP contribution in [0.1, 0.15) is 0 Å². The molecule has 0 spiro atoms. The van der Waals surface area contributed by atoms with Crippen LogP contribution in [0.5, 0.6) is 0 Å². The predicted molar refractivity (Wildman–Crippen MR) is 68.1 cm³/mol. The highest BCUT2D eigenvalue weighted by Gasteiger charge is 2.23. The maximum Gasteiger partial charge on any atom is 0.264 e. The number of pyridine rings is 1. The summed E-state index contributed by atoms with van der Waals surface area (Å²) in [5.74, 6) is -2.13. The molecule has 2 atom stereocenters. The Morgan fingerprint density at radius 2 is 2.32 bits per heavy atom. The van der Waals surface area contributed by atoms with Crippen molar-refractivity contribution in [2.75, 3.05) is 24.8 Å². The number of nitrogens with zero attached hydrogens (tertiary/aromatic N) is 2. The highest BCUT2D eigenvalue weighted by molar-refractivity contribution is 7.57. The molecule has 1 aromatic rings. The molecule has 1 rings (SSSR count). The fourth-order valence-electron chi connectivity index (χ4n) is 1.18. The van der Waals surface area contributed by atoms with Crippen LogP contribution in [-0.2, 0) is 9.36 Å². The lowest BCUT2D eigenvalue weighted by Gasteiger charge is -2.17. The van der Waals surface area contributed by atoms with Gasteiger partial charge in [0.2, 0.25) is 7.37 Å². The first kappa shape index (κ1) is 15.7. The van der Waals surface area contributed by atoms with Crippen LogP contribution in [0, 0.1) is 0 Å². The molecule has 0 saturated heterocycles. The molecule has 1 heterocycles. The van der Waals surface area contributed by atoms with E-state index >= 15 is 0 Å². The van der Waals surface area contributed by atoms with Crippen molar-refractivity contribution < 1.29 is 24.6 Å². The Morgan fingerprint density at radius 1 is 1.63 bits per heavy atom. The lowest BCUT2D eigenvalue weighted by molar-refractivity contribution is -0.122. The molecule has 106 valence electrons. The quantitative estimate of drug-likeness (QED) is 0.319. The third-order valence-corrected chi connectivity index (χ3v) is 3.57. The van der Waals surface area contributed by atoms with E-state index in [0.717, 1.165) is 6.66 Å². The van der Waals surface area contributed by atoms with E-state index in [1.54, 1.807) is 6.07 Å². The van der Waals surface area contributed by atoms with E-state index in [9.17, 15) is 19.7 Å². The molecule has 0 aliphatic carbocycles. The first-order valence-corrected chi connectivity index (χ1v) is 7.60. The number of hydrogen-bond acceptors (Lipinski definition) is 6. The topological polar surface area (TPSA) is 123 Å². The van der Waals surface area contributed by atoms with Crippen LogP contribution in [0.4, 0.5) is 5.69 Å². The Hall–Kier alpha value is -1.31. The zero-order chi connectivity index (χ0) is 14.5. The summed E-state index contributed by atoms with van der Waals surface area (Å²) in [6, 6.07) is 3.05. The van der Waals surface area contributed by atoms with Gasteiger partial charge >= 0.3 is 0 Å². The van der Waals surface area contributed by atoms with E-state index < -0.39 is 19.1 Å². The second-order valence-electron chi connectivity index (χ2n) is 3.97. The number of aliphatic hydroxyl groups is 1. The van der Waals surface area contributed by atoms with E-state index in [-0.39, 0.29) is 18.8 Å². The molecule has 1 aromatic heterocycles. The summed E-state index contributed by atoms with van der Waals surface area (Å²) < 4.78 is 11.1. The Labute approximate surface area is 110 Å². The van der Waals surface area contributed by atoms with Gasteiger partial charge in [-0.3, -0.25) is 19.6 Å². The number of nitrogens with one attached hydrogen (secondary N) is 1. The van der Waals surface area contributed by atoms with Crippen molar-refractivity contribution in [3.05, 3.63) is 24.5 Å². The van der Waals surface area contributed by atoms with Gasteiger partial charge in [-0.05, 0) is 12.1 Å². The molecule has 8 nitrogen and oxygen atoms in total. The van der Waals surface area contributed by atoms with Crippen LogP contribution in [0.2, 0.25) is 0 Å². The molecule has 0 bridgehead atoms. The lowest BCUT2D eigenvalue weighted by atomic mass is 10.4. The Morgan fingerprint density at radius 3 is 2.84 bits per heavy atom. The largest absolute Gasteiger partial charge is 0.382 e. The van der Waals surface area contributed by atoms with Gasteiger partial charge in [-0.2, -0.15) is 5.06 Å². The first-order valence-electron chi connectivity index (χ1n) is 5.43. The van der Waals surface area contributed by atoms with Gasteiger partial charge in [-0.15, -0.1) is 0 Å².